The minimum Gasteiger partial charge on any atom is -0.347 e. The van der Waals surface area contributed by atoms with E-state index in [-0.39, 0.29) is 5.41 Å². The maximum Gasteiger partial charge on any atom is 0.234 e. The molecule has 2 saturated heterocycles. The first kappa shape index (κ1) is 15.6. The number of carbonyl (C=O) groups excluding carboxylic acids is 1. The predicted molar refractivity (Wildman–Crippen MR) is 89.5 cm³/mol. The average Bonchev–Trinajstić information content (AvgIpc) is 3.28. The number of nitrogens with zero attached hydrogens (tertiary/aromatic N) is 1. The van der Waals surface area contributed by atoms with Crippen LogP contribution in [0.1, 0.15) is 49.8 Å². The van der Waals surface area contributed by atoms with E-state index < -0.39 is 5.79 Å². The van der Waals surface area contributed by atoms with Crippen molar-refractivity contribution in [3.8, 4) is 0 Å². The number of thiophene rings is 1. The number of rotatable bonds is 2. The van der Waals surface area contributed by atoms with Gasteiger partial charge in [0, 0.05) is 30.8 Å². The highest BCUT2D eigenvalue weighted by atomic mass is 32.1. The molecule has 1 saturated carbocycles. The van der Waals surface area contributed by atoms with Gasteiger partial charge in [0.15, 0.2) is 5.79 Å². The molecule has 23 heavy (non-hydrogen) atoms. The van der Waals surface area contributed by atoms with Crippen molar-refractivity contribution < 1.29 is 14.3 Å². The van der Waals surface area contributed by atoms with Gasteiger partial charge in [0.05, 0.1) is 18.6 Å². The van der Waals surface area contributed by atoms with Crippen molar-refractivity contribution in [3.63, 3.8) is 0 Å². The number of piperidine rings is 1. The molecule has 1 aliphatic carbocycles. The maximum absolute atomic E-state index is 13.4. The molecule has 1 spiro atoms. The highest BCUT2D eigenvalue weighted by Gasteiger charge is 2.47. The summed E-state index contributed by atoms with van der Waals surface area (Å²) in [6.07, 6.45) is 7.19. The van der Waals surface area contributed by atoms with Gasteiger partial charge in [0.2, 0.25) is 5.91 Å². The van der Waals surface area contributed by atoms with E-state index in [9.17, 15) is 4.79 Å². The van der Waals surface area contributed by atoms with E-state index in [4.69, 9.17) is 9.47 Å². The molecule has 4 nitrogen and oxygen atoms in total. The van der Waals surface area contributed by atoms with E-state index in [2.05, 4.69) is 22.4 Å². The molecule has 4 rings (SSSR count). The Hall–Kier alpha value is -0.910. The summed E-state index contributed by atoms with van der Waals surface area (Å²) in [6.45, 7) is 2.89. The van der Waals surface area contributed by atoms with Crippen molar-refractivity contribution in [1.82, 2.24) is 4.90 Å². The van der Waals surface area contributed by atoms with E-state index >= 15 is 0 Å². The first-order valence-corrected chi connectivity index (χ1v) is 9.73. The lowest BCUT2D eigenvalue weighted by Gasteiger charge is -2.43. The third kappa shape index (κ3) is 2.73. The van der Waals surface area contributed by atoms with Crippen LogP contribution < -0.4 is 0 Å². The quantitative estimate of drug-likeness (QED) is 0.832. The Morgan fingerprint density at radius 1 is 1.04 bits per heavy atom. The van der Waals surface area contributed by atoms with Crippen LogP contribution in [0.4, 0.5) is 0 Å². The lowest BCUT2D eigenvalue weighted by atomic mass is 9.71. The molecule has 0 radical (unpaired) electrons. The molecular weight excluding hydrogens is 310 g/mol. The van der Waals surface area contributed by atoms with Crippen LogP contribution in [0.25, 0.3) is 0 Å². The summed E-state index contributed by atoms with van der Waals surface area (Å²) in [6, 6.07) is 4.23. The van der Waals surface area contributed by atoms with Gasteiger partial charge >= 0.3 is 0 Å². The van der Waals surface area contributed by atoms with Crippen LogP contribution in [0.5, 0.6) is 0 Å². The summed E-state index contributed by atoms with van der Waals surface area (Å²) in [5, 5.41) is 2.10. The molecule has 126 valence electrons. The van der Waals surface area contributed by atoms with Gasteiger partial charge in [-0.2, -0.15) is 0 Å². The number of ether oxygens (including phenoxy) is 2. The fourth-order valence-corrected chi connectivity index (χ4v) is 5.39. The summed E-state index contributed by atoms with van der Waals surface area (Å²) in [7, 11) is 0. The molecule has 1 aromatic heterocycles. The van der Waals surface area contributed by atoms with Crippen molar-refractivity contribution >= 4 is 17.2 Å². The predicted octanol–water partition coefficient (Wildman–Crippen LogP) is 3.32. The van der Waals surface area contributed by atoms with Gasteiger partial charge < -0.3 is 14.4 Å². The van der Waals surface area contributed by atoms with E-state index in [1.165, 1.54) is 11.3 Å². The zero-order chi connectivity index (χ0) is 15.8. The summed E-state index contributed by atoms with van der Waals surface area (Å²) in [5.74, 6) is -0.0631. The standard InChI is InChI=1S/C18H25NO3S/c20-16(19-10-8-18(9-11-19)21-12-13-22-18)17(6-2-1-3-7-17)15-5-4-14-23-15/h4-5,14H,1-3,6-13H2. The number of amides is 1. The molecular formula is C18H25NO3S. The summed E-state index contributed by atoms with van der Waals surface area (Å²) < 4.78 is 11.6. The maximum atomic E-state index is 13.4. The van der Waals surface area contributed by atoms with Gasteiger partial charge in [-0.1, -0.05) is 25.3 Å². The molecule has 0 bridgehead atoms. The third-order valence-corrected chi connectivity index (χ3v) is 6.81. The number of likely N-dealkylation sites (tertiary alicyclic amines) is 1. The van der Waals surface area contributed by atoms with Gasteiger partial charge in [-0.3, -0.25) is 4.79 Å². The minimum absolute atomic E-state index is 0.270. The molecule has 0 unspecified atom stereocenters. The van der Waals surface area contributed by atoms with Crippen LogP contribution in [0.2, 0.25) is 0 Å². The smallest absolute Gasteiger partial charge is 0.234 e. The molecule has 0 atom stereocenters. The number of hydrogen-bond donors (Lipinski definition) is 0. The van der Waals surface area contributed by atoms with Crippen LogP contribution in [-0.4, -0.2) is 42.9 Å². The Balaban J connectivity index is 1.52. The molecule has 1 amide bonds. The average molecular weight is 335 g/mol. The topological polar surface area (TPSA) is 38.8 Å². The fourth-order valence-electron chi connectivity index (χ4n) is 4.41. The van der Waals surface area contributed by atoms with Crippen LogP contribution in [-0.2, 0) is 19.7 Å². The number of hydrogen-bond acceptors (Lipinski definition) is 4. The van der Waals surface area contributed by atoms with Crippen LogP contribution >= 0.6 is 11.3 Å². The second-order valence-electron chi connectivity index (χ2n) is 7.02. The SMILES string of the molecule is O=C(N1CCC2(CC1)OCCO2)C1(c2cccs2)CCCCC1. The second-order valence-corrected chi connectivity index (χ2v) is 7.97. The molecule has 2 aliphatic heterocycles. The number of carbonyl (C=O) groups is 1. The van der Waals surface area contributed by atoms with E-state index in [1.807, 2.05) is 0 Å². The Morgan fingerprint density at radius 2 is 1.74 bits per heavy atom. The lowest BCUT2D eigenvalue weighted by Crippen LogP contribution is -2.53. The lowest BCUT2D eigenvalue weighted by molar-refractivity contribution is -0.189. The first-order valence-electron chi connectivity index (χ1n) is 8.86. The van der Waals surface area contributed by atoms with Crippen LogP contribution in [0, 0.1) is 0 Å². The van der Waals surface area contributed by atoms with Crippen molar-refractivity contribution in [1.29, 1.82) is 0 Å². The zero-order valence-electron chi connectivity index (χ0n) is 13.6. The summed E-state index contributed by atoms with van der Waals surface area (Å²) >= 11 is 1.74. The van der Waals surface area contributed by atoms with E-state index in [0.717, 1.165) is 51.6 Å². The van der Waals surface area contributed by atoms with Gasteiger partial charge in [-0.25, -0.2) is 0 Å². The van der Waals surface area contributed by atoms with Crippen molar-refractivity contribution in [2.45, 2.75) is 56.1 Å². The van der Waals surface area contributed by atoms with Gasteiger partial charge in [-0.15, -0.1) is 11.3 Å². The minimum atomic E-state index is -0.403. The summed E-state index contributed by atoms with van der Waals surface area (Å²) in [5.41, 5.74) is -0.270. The fraction of sp³-hybridized carbons (Fsp3) is 0.722. The molecule has 3 heterocycles. The third-order valence-electron chi connectivity index (χ3n) is 5.74. The second kappa shape index (κ2) is 6.19. The van der Waals surface area contributed by atoms with Crippen LogP contribution in [0.15, 0.2) is 17.5 Å². The Labute approximate surface area is 141 Å². The van der Waals surface area contributed by atoms with Crippen molar-refractivity contribution in [2.24, 2.45) is 0 Å². The van der Waals surface area contributed by atoms with Crippen molar-refractivity contribution in [3.05, 3.63) is 22.4 Å². The zero-order valence-corrected chi connectivity index (χ0v) is 14.4. The highest BCUT2D eigenvalue weighted by Crippen LogP contribution is 2.44. The monoisotopic (exact) mass is 335 g/mol. The Kier molecular flexibility index (Phi) is 4.20. The molecule has 0 aromatic carbocycles. The van der Waals surface area contributed by atoms with Gasteiger partial charge in [0.25, 0.3) is 0 Å². The van der Waals surface area contributed by atoms with Crippen molar-refractivity contribution in [2.75, 3.05) is 26.3 Å². The molecule has 0 N–H and O–H groups in total. The first-order chi connectivity index (χ1) is 11.2. The highest BCUT2D eigenvalue weighted by molar-refractivity contribution is 7.10. The summed E-state index contributed by atoms with van der Waals surface area (Å²) in [4.78, 5) is 16.8. The van der Waals surface area contributed by atoms with E-state index in [0.29, 0.717) is 19.1 Å². The molecule has 3 aliphatic rings. The van der Waals surface area contributed by atoms with Gasteiger partial charge in [-0.05, 0) is 24.3 Å². The Morgan fingerprint density at radius 3 is 2.35 bits per heavy atom. The van der Waals surface area contributed by atoms with E-state index in [1.54, 1.807) is 11.3 Å². The van der Waals surface area contributed by atoms with Crippen LogP contribution in [0.3, 0.4) is 0 Å². The van der Waals surface area contributed by atoms with Gasteiger partial charge in [0.1, 0.15) is 0 Å². The molecule has 1 aromatic rings. The molecule has 5 heteroatoms. The normalized spacial score (nSPS) is 26.5. The largest absolute Gasteiger partial charge is 0.347 e. The molecule has 3 fully saturated rings. The Bertz CT molecular complexity index is 535.